The number of hydrogen-bond acceptors (Lipinski definition) is 2. The molecule has 2 unspecified atom stereocenters. The van der Waals surface area contributed by atoms with Crippen LogP contribution in [-0.4, -0.2) is 5.25 Å². The van der Waals surface area contributed by atoms with Crippen molar-refractivity contribution in [1.82, 2.24) is 0 Å². The van der Waals surface area contributed by atoms with Crippen LogP contribution in [0.1, 0.15) is 36.0 Å². The highest BCUT2D eigenvalue weighted by Crippen LogP contribution is 2.36. The zero-order chi connectivity index (χ0) is 12.3. The third kappa shape index (κ3) is 3.26. The molecule has 2 rings (SSSR count). The van der Waals surface area contributed by atoms with Gasteiger partial charge in [0.15, 0.2) is 0 Å². The minimum absolute atomic E-state index is 0.283. The third-order valence-corrected chi connectivity index (χ3v) is 4.86. The second-order valence-corrected chi connectivity index (χ2v) is 6.24. The predicted molar refractivity (Wildman–Crippen MR) is 74.0 cm³/mol. The van der Waals surface area contributed by atoms with E-state index in [9.17, 15) is 0 Å². The Balaban J connectivity index is 1.96. The fourth-order valence-corrected chi connectivity index (χ4v) is 3.96. The molecule has 1 fully saturated rings. The van der Waals surface area contributed by atoms with Gasteiger partial charge in [0.05, 0.1) is 12.0 Å². The molecule has 1 saturated carbocycles. The Bertz CT molecular complexity index is 413. The lowest BCUT2D eigenvalue weighted by atomic mass is 10.1. The molecule has 2 atom stereocenters. The first-order valence-corrected chi connectivity index (χ1v) is 7.32. The Labute approximate surface area is 108 Å². The van der Waals surface area contributed by atoms with Crippen molar-refractivity contribution >= 4 is 11.8 Å². The molecule has 1 aromatic rings. The topological polar surface area (TPSA) is 23.8 Å². The van der Waals surface area contributed by atoms with E-state index in [4.69, 9.17) is 5.26 Å². The average Bonchev–Trinajstić information content (AvgIpc) is 2.72. The van der Waals surface area contributed by atoms with Gasteiger partial charge in [-0.1, -0.05) is 35.7 Å². The molecule has 0 saturated heterocycles. The summed E-state index contributed by atoms with van der Waals surface area (Å²) in [5.41, 5.74) is 4.07. The summed E-state index contributed by atoms with van der Waals surface area (Å²) in [5, 5.41) is 9.61. The van der Waals surface area contributed by atoms with Gasteiger partial charge in [0, 0.05) is 11.0 Å². The van der Waals surface area contributed by atoms with E-state index >= 15 is 0 Å². The van der Waals surface area contributed by atoms with Crippen LogP contribution in [0, 0.1) is 31.1 Å². The lowest BCUT2D eigenvalue weighted by molar-refractivity contribution is 0.714. The first-order chi connectivity index (χ1) is 8.19. The van der Waals surface area contributed by atoms with Crippen molar-refractivity contribution in [3.8, 4) is 6.07 Å². The molecule has 0 radical (unpaired) electrons. The van der Waals surface area contributed by atoms with Crippen LogP contribution in [0.2, 0.25) is 0 Å². The van der Waals surface area contributed by atoms with E-state index in [1.807, 2.05) is 11.8 Å². The van der Waals surface area contributed by atoms with Gasteiger partial charge in [0.1, 0.15) is 0 Å². The van der Waals surface area contributed by atoms with Gasteiger partial charge < -0.3 is 0 Å². The number of benzene rings is 1. The van der Waals surface area contributed by atoms with Crippen LogP contribution in [-0.2, 0) is 5.75 Å². The van der Waals surface area contributed by atoms with Gasteiger partial charge in [-0.15, -0.1) is 0 Å². The van der Waals surface area contributed by atoms with Crippen molar-refractivity contribution < 1.29 is 0 Å². The first kappa shape index (κ1) is 12.5. The van der Waals surface area contributed by atoms with Crippen LogP contribution < -0.4 is 0 Å². The Morgan fingerprint density at radius 1 is 1.24 bits per heavy atom. The van der Waals surface area contributed by atoms with Crippen LogP contribution in [0.25, 0.3) is 0 Å². The standard InChI is InChI=1S/C15H19NS/c1-11-6-12(2)8-13(7-11)10-17-15-5-3-4-14(15)9-16/h6-8,14-15H,3-5,10H2,1-2H3. The van der Waals surface area contributed by atoms with Gasteiger partial charge in [-0.25, -0.2) is 0 Å². The van der Waals surface area contributed by atoms with Gasteiger partial charge in [-0.3, -0.25) is 0 Å². The van der Waals surface area contributed by atoms with E-state index in [-0.39, 0.29) is 5.92 Å². The zero-order valence-corrected chi connectivity index (χ0v) is 11.4. The molecule has 0 amide bonds. The molecule has 1 aliphatic rings. The van der Waals surface area contributed by atoms with Gasteiger partial charge >= 0.3 is 0 Å². The van der Waals surface area contributed by atoms with Crippen molar-refractivity contribution in [2.24, 2.45) is 5.92 Å². The van der Waals surface area contributed by atoms with Crippen LogP contribution in [0.3, 0.4) is 0 Å². The average molecular weight is 245 g/mol. The molecule has 90 valence electrons. The molecule has 0 heterocycles. The molecule has 0 aromatic heterocycles. The summed E-state index contributed by atoms with van der Waals surface area (Å²) in [7, 11) is 0. The molecular formula is C15H19NS. The summed E-state index contributed by atoms with van der Waals surface area (Å²) in [4.78, 5) is 0. The van der Waals surface area contributed by atoms with E-state index in [0.29, 0.717) is 5.25 Å². The van der Waals surface area contributed by atoms with Crippen LogP contribution in [0.15, 0.2) is 18.2 Å². The monoisotopic (exact) mass is 245 g/mol. The number of nitrogens with zero attached hydrogens (tertiary/aromatic N) is 1. The number of hydrogen-bond donors (Lipinski definition) is 0. The maximum absolute atomic E-state index is 9.06. The molecular weight excluding hydrogens is 226 g/mol. The second-order valence-electron chi connectivity index (χ2n) is 5.01. The van der Waals surface area contributed by atoms with E-state index in [1.54, 1.807) is 0 Å². The molecule has 1 aliphatic carbocycles. The zero-order valence-electron chi connectivity index (χ0n) is 10.6. The maximum Gasteiger partial charge on any atom is 0.0667 e. The number of rotatable bonds is 3. The fraction of sp³-hybridized carbons (Fsp3) is 0.533. The summed E-state index contributed by atoms with van der Waals surface area (Å²) < 4.78 is 0. The van der Waals surface area contributed by atoms with E-state index in [2.05, 4.69) is 38.1 Å². The fourth-order valence-electron chi connectivity index (χ4n) is 2.63. The summed E-state index contributed by atoms with van der Waals surface area (Å²) >= 11 is 1.96. The van der Waals surface area contributed by atoms with Gasteiger partial charge in [-0.05, 0) is 32.3 Å². The Hall–Kier alpha value is -0.940. The molecule has 17 heavy (non-hydrogen) atoms. The van der Waals surface area contributed by atoms with Crippen molar-refractivity contribution in [1.29, 1.82) is 5.26 Å². The normalized spacial score (nSPS) is 23.6. The van der Waals surface area contributed by atoms with E-state index in [0.717, 1.165) is 12.2 Å². The Kier molecular flexibility index (Phi) is 4.12. The largest absolute Gasteiger partial charge is 0.198 e. The molecule has 1 aromatic carbocycles. The number of aryl methyl sites for hydroxylation is 2. The molecule has 0 N–H and O–H groups in total. The molecule has 0 aliphatic heterocycles. The number of thioether (sulfide) groups is 1. The van der Waals surface area contributed by atoms with Crippen LogP contribution in [0.5, 0.6) is 0 Å². The highest BCUT2D eigenvalue weighted by Gasteiger charge is 2.27. The van der Waals surface area contributed by atoms with E-state index in [1.165, 1.54) is 29.5 Å². The van der Waals surface area contributed by atoms with Crippen molar-refractivity contribution in [3.63, 3.8) is 0 Å². The van der Waals surface area contributed by atoms with Gasteiger partial charge in [-0.2, -0.15) is 17.0 Å². The Morgan fingerprint density at radius 3 is 2.59 bits per heavy atom. The number of nitriles is 1. The van der Waals surface area contributed by atoms with Crippen molar-refractivity contribution in [2.75, 3.05) is 0 Å². The SMILES string of the molecule is Cc1cc(C)cc(CSC2CCCC2C#N)c1. The van der Waals surface area contributed by atoms with Crippen LogP contribution >= 0.6 is 11.8 Å². The molecule has 0 spiro atoms. The lowest BCUT2D eigenvalue weighted by Crippen LogP contribution is -2.07. The molecule has 1 nitrogen and oxygen atoms in total. The van der Waals surface area contributed by atoms with Crippen LogP contribution in [0.4, 0.5) is 0 Å². The molecule has 0 bridgehead atoms. The summed E-state index contributed by atoms with van der Waals surface area (Å²) in [6.45, 7) is 4.30. The highest BCUT2D eigenvalue weighted by atomic mass is 32.2. The summed E-state index contributed by atoms with van der Waals surface area (Å²) in [5.74, 6) is 1.33. The highest BCUT2D eigenvalue weighted by molar-refractivity contribution is 7.99. The second kappa shape index (κ2) is 5.60. The lowest BCUT2D eigenvalue weighted by Gasteiger charge is -2.13. The van der Waals surface area contributed by atoms with Gasteiger partial charge in [0.25, 0.3) is 0 Å². The summed E-state index contributed by atoms with van der Waals surface area (Å²) in [6, 6.07) is 9.18. The van der Waals surface area contributed by atoms with Gasteiger partial charge in [0.2, 0.25) is 0 Å². The first-order valence-electron chi connectivity index (χ1n) is 6.27. The predicted octanol–water partition coefficient (Wildman–Crippen LogP) is 4.23. The Morgan fingerprint density at radius 2 is 1.94 bits per heavy atom. The maximum atomic E-state index is 9.06. The summed E-state index contributed by atoms with van der Waals surface area (Å²) in [6.07, 6.45) is 3.54. The minimum Gasteiger partial charge on any atom is -0.198 e. The quantitative estimate of drug-likeness (QED) is 0.795. The smallest absolute Gasteiger partial charge is 0.0667 e. The van der Waals surface area contributed by atoms with Crippen molar-refractivity contribution in [2.45, 2.75) is 44.1 Å². The molecule has 2 heteroatoms. The third-order valence-electron chi connectivity index (χ3n) is 3.36. The van der Waals surface area contributed by atoms with E-state index < -0.39 is 0 Å². The van der Waals surface area contributed by atoms with Crippen molar-refractivity contribution in [3.05, 3.63) is 34.9 Å². The minimum atomic E-state index is 0.283.